The highest BCUT2D eigenvalue weighted by Crippen LogP contribution is 2.41. The average Bonchev–Trinajstić information content (AvgIpc) is 2.94. The van der Waals surface area contributed by atoms with Crippen LogP contribution in [0.2, 0.25) is 0 Å². The Morgan fingerprint density at radius 3 is 1.67 bits per heavy atom. The van der Waals surface area contributed by atoms with E-state index < -0.39 is 105 Å². The summed E-state index contributed by atoms with van der Waals surface area (Å²) in [4.78, 5) is 0. The van der Waals surface area contributed by atoms with E-state index >= 15 is 17.6 Å². The summed E-state index contributed by atoms with van der Waals surface area (Å²) in [6.07, 6.45) is -10.1. The Balaban J connectivity index is 1.40. The van der Waals surface area contributed by atoms with Gasteiger partial charge >= 0.3 is 12.5 Å². The van der Waals surface area contributed by atoms with Crippen LogP contribution in [-0.4, -0.2) is 6.36 Å². The second kappa shape index (κ2) is 13.3. The zero-order valence-electron chi connectivity index (χ0n) is 24.6. The maximum absolute atomic E-state index is 15.4. The molecule has 0 aliphatic rings. The van der Waals surface area contributed by atoms with Gasteiger partial charge in [0, 0.05) is 17.5 Å². The number of alkyl halides is 5. The van der Waals surface area contributed by atoms with E-state index in [1.165, 1.54) is 6.07 Å². The third-order valence-corrected chi connectivity index (χ3v) is 7.33. The monoisotopic (exact) mass is 706 g/mol. The summed E-state index contributed by atoms with van der Waals surface area (Å²) in [5.74, 6) is -13.5. The Kier molecular flexibility index (Phi) is 9.61. The summed E-state index contributed by atoms with van der Waals surface area (Å²) in [6.45, 7) is 0.903. The molecule has 2 nitrogen and oxygen atoms in total. The van der Waals surface area contributed by atoms with E-state index in [-0.39, 0.29) is 22.9 Å². The van der Waals surface area contributed by atoms with Crippen molar-refractivity contribution in [2.75, 3.05) is 0 Å². The lowest BCUT2D eigenvalue weighted by molar-refractivity contribution is -0.432. The van der Waals surface area contributed by atoms with Crippen molar-refractivity contribution in [3.63, 3.8) is 0 Å². The number of ether oxygens (including phenoxy) is 2. The van der Waals surface area contributed by atoms with Crippen molar-refractivity contribution in [1.82, 2.24) is 0 Å². The number of fused-ring (bicyclic) bond motifs is 1. The van der Waals surface area contributed by atoms with Crippen molar-refractivity contribution >= 4 is 10.8 Å². The fourth-order valence-corrected chi connectivity index (χ4v) is 5.23. The van der Waals surface area contributed by atoms with Gasteiger partial charge in [-0.3, -0.25) is 0 Å². The normalized spacial score (nSPS) is 12.2. The summed E-state index contributed by atoms with van der Waals surface area (Å²) in [7, 11) is 0. The number of hydrogen-bond donors (Lipinski definition) is 0. The molecule has 15 heteroatoms. The molecule has 5 aromatic rings. The Bertz CT molecular complexity index is 2000. The van der Waals surface area contributed by atoms with Gasteiger partial charge in [0.1, 0.15) is 64.5 Å². The summed E-state index contributed by atoms with van der Waals surface area (Å²) >= 11 is 0. The van der Waals surface area contributed by atoms with Crippen molar-refractivity contribution in [2.45, 2.75) is 38.8 Å². The highest BCUT2D eigenvalue weighted by molar-refractivity contribution is 5.89. The number of halogens is 13. The molecule has 0 saturated carbocycles. The molecule has 0 spiro atoms. The van der Waals surface area contributed by atoms with Crippen LogP contribution in [0.1, 0.15) is 30.0 Å². The lowest BCUT2D eigenvalue weighted by Gasteiger charge is -2.20. The van der Waals surface area contributed by atoms with Crippen molar-refractivity contribution < 1.29 is 66.5 Å². The van der Waals surface area contributed by atoms with Crippen molar-refractivity contribution in [3.05, 3.63) is 124 Å². The van der Waals surface area contributed by atoms with Crippen LogP contribution in [0.25, 0.3) is 33.0 Å². The van der Waals surface area contributed by atoms with E-state index in [9.17, 15) is 39.5 Å². The smallest absolute Gasteiger partial charge is 0.488 e. The van der Waals surface area contributed by atoms with Crippen LogP contribution in [0, 0.1) is 46.5 Å². The van der Waals surface area contributed by atoms with Crippen LogP contribution in [-0.2, 0) is 23.9 Å². The molecule has 258 valence electrons. The molecule has 0 heterocycles. The summed E-state index contributed by atoms with van der Waals surface area (Å²) in [5, 5.41) is 0.248. The molecule has 5 aromatic carbocycles. The summed E-state index contributed by atoms with van der Waals surface area (Å²) < 4.78 is 191. The van der Waals surface area contributed by atoms with Crippen LogP contribution in [0.5, 0.6) is 5.75 Å². The molecule has 0 radical (unpaired) electrons. The first-order valence-corrected chi connectivity index (χ1v) is 14.1. The lowest BCUT2D eigenvalue weighted by atomic mass is 9.96. The molecule has 0 aliphatic heterocycles. The minimum atomic E-state index is -6.01. The minimum Gasteiger partial charge on any atom is -0.488 e. The number of benzene rings is 5. The van der Waals surface area contributed by atoms with Crippen LogP contribution < -0.4 is 4.74 Å². The summed E-state index contributed by atoms with van der Waals surface area (Å²) in [6, 6.07) is 7.62. The molecular formula is C34H19F13O2. The van der Waals surface area contributed by atoms with Gasteiger partial charge in [-0.25, -0.2) is 39.9 Å². The molecule has 0 amide bonds. The zero-order chi connectivity index (χ0) is 36.0. The Labute approximate surface area is 268 Å². The van der Waals surface area contributed by atoms with Gasteiger partial charge < -0.3 is 4.74 Å². The van der Waals surface area contributed by atoms with Crippen LogP contribution in [0.15, 0.2) is 60.7 Å². The van der Waals surface area contributed by atoms with E-state index in [1.807, 2.05) is 6.92 Å². The molecule has 0 saturated heterocycles. The molecule has 0 aliphatic carbocycles. The SMILES string of the molecule is CCCc1ccc2c(F)c(-c3cc(F)c(COc4cc(F)c(-c5cc(F)c(C(F)(F)OC(F)(F)F)c(F)c5)c(F)c4)c(F)c3)c(F)cc2c1. The number of aryl methyl sites for hydroxylation is 1. The second-order valence-electron chi connectivity index (χ2n) is 10.7. The average molecular weight is 706 g/mol. The van der Waals surface area contributed by atoms with Gasteiger partial charge in [-0.2, -0.15) is 8.78 Å². The maximum atomic E-state index is 15.4. The van der Waals surface area contributed by atoms with Gasteiger partial charge in [-0.1, -0.05) is 31.5 Å². The first-order valence-electron chi connectivity index (χ1n) is 14.1. The molecule has 0 bridgehead atoms. The molecular weight excluding hydrogens is 687 g/mol. The van der Waals surface area contributed by atoms with Crippen molar-refractivity contribution in [1.29, 1.82) is 0 Å². The van der Waals surface area contributed by atoms with Crippen molar-refractivity contribution in [2.24, 2.45) is 0 Å². The topological polar surface area (TPSA) is 18.5 Å². The fourth-order valence-electron chi connectivity index (χ4n) is 5.23. The number of rotatable bonds is 9. The van der Waals surface area contributed by atoms with Gasteiger partial charge in [0.15, 0.2) is 0 Å². The molecule has 0 unspecified atom stereocenters. The Morgan fingerprint density at radius 2 is 1.12 bits per heavy atom. The predicted octanol–water partition coefficient (Wildman–Crippen LogP) is 11.4. The van der Waals surface area contributed by atoms with E-state index in [1.54, 1.807) is 12.1 Å². The highest BCUT2D eigenvalue weighted by Gasteiger charge is 2.49. The first-order chi connectivity index (χ1) is 22.9. The molecule has 0 fully saturated rings. The molecule has 49 heavy (non-hydrogen) atoms. The van der Waals surface area contributed by atoms with E-state index in [4.69, 9.17) is 4.74 Å². The Hall–Kier alpha value is -4.79. The van der Waals surface area contributed by atoms with Gasteiger partial charge in [0.25, 0.3) is 0 Å². The van der Waals surface area contributed by atoms with Crippen LogP contribution in [0.3, 0.4) is 0 Å². The third kappa shape index (κ3) is 7.31. The predicted molar refractivity (Wildman–Crippen MR) is 150 cm³/mol. The minimum absolute atomic E-state index is 0.00630. The van der Waals surface area contributed by atoms with Gasteiger partial charge in [0.2, 0.25) is 0 Å². The molecule has 5 rings (SSSR count). The van der Waals surface area contributed by atoms with Crippen LogP contribution in [0.4, 0.5) is 57.1 Å². The second-order valence-corrected chi connectivity index (χ2v) is 10.7. The Morgan fingerprint density at radius 1 is 0.592 bits per heavy atom. The van der Waals surface area contributed by atoms with Crippen molar-refractivity contribution in [3.8, 4) is 28.0 Å². The zero-order valence-corrected chi connectivity index (χ0v) is 24.6. The quantitative estimate of drug-likeness (QED) is 0.142. The van der Waals surface area contributed by atoms with Gasteiger partial charge in [0.05, 0.1) is 16.7 Å². The standard InChI is InChI=1S/C34H19F13O2/c1-2-3-15-4-5-20-16(6-15)7-24(37)30(32(20)42)18-8-22(35)21(23(36)9-18)14-48-19-12-25(38)29(26(39)13-19)17-10-27(40)31(28(41)11-17)33(43,44)49-34(45,46)47/h4-13H,2-3,14H2,1H3. The van der Waals surface area contributed by atoms with E-state index in [0.29, 0.717) is 30.7 Å². The maximum Gasteiger partial charge on any atom is 0.527 e. The first kappa shape index (κ1) is 35.5. The van der Waals surface area contributed by atoms with Gasteiger partial charge in [-0.05, 0) is 58.8 Å². The fraction of sp³-hybridized carbons (Fsp3) is 0.176. The van der Waals surface area contributed by atoms with Gasteiger partial charge in [-0.15, -0.1) is 13.2 Å². The molecule has 0 aromatic heterocycles. The largest absolute Gasteiger partial charge is 0.527 e. The van der Waals surface area contributed by atoms with E-state index in [0.717, 1.165) is 18.1 Å². The highest BCUT2D eigenvalue weighted by atomic mass is 19.4. The lowest BCUT2D eigenvalue weighted by Crippen LogP contribution is -2.29. The van der Waals surface area contributed by atoms with E-state index in [2.05, 4.69) is 4.74 Å². The molecule has 0 atom stereocenters. The molecule has 0 N–H and O–H groups in total. The third-order valence-electron chi connectivity index (χ3n) is 7.33. The number of hydrogen-bond acceptors (Lipinski definition) is 2. The summed E-state index contributed by atoms with van der Waals surface area (Å²) in [5.41, 5.74) is -5.94. The van der Waals surface area contributed by atoms with Crippen LogP contribution >= 0.6 is 0 Å².